The number of carbonyl (C=O) groups excluding carboxylic acids is 2. The molecule has 2 N–H and O–H groups in total. The Labute approximate surface area is 150 Å². The summed E-state index contributed by atoms with van der Waals surface area (Å²) >= 11 is 2.99. The quantitative estimate of drug-likeness (QED) is 0.809. The van der Waals surface area contributed by atoms with E-state index in [0.29, 0.717) is 17.5 Å². The van der Waals surface area contributed by atoms with Crippen molar-refractivity contribution < 1.29 is 23.1 Å². The van der Waals surface area contributed by atoms with E-state index in [4.69, 9.17) is 4.74 Å². The number of halogens is 3. The second kappa shape index (κ2) is 6.79. The third-order valence-electron chi connectivity index (χ3n) is 3.60. The molecule has 130 valence electrons. The Morgan fingerprint density at radius 2 is 2.08 bits per heavy atom. The zero-order valence-corrected chi connectivity index (χ0v) is 14.6. The van der Waals surface area contributed by atoms with Gasteiger partial charge in [-0.2, -0.15) is 0 Å². The Morgan fingerprint density at radius 3 is 2.80 bits per heavy atom. The van der Waals surface area contributed by atoms with Crippen LogP contribution in [0.5, 0.6) is 5.75 Å². The molecule has 0 bridgehead atoms. The van der Waals surface area contributed by atoms with Crippen LogP contribution >= 0.6 is 15.9 Å². The van der Waals surface area contributed by atoms with Gasteiger partial charge in [0.1, 0.15) is 11.6 Å². The summed E-state index contributed by atoms with van der Waals surface area (Å²) in [5.41, 5.74) is 1.29. The number of anilines is 2. The van der Waals surface area contributed by atoms with E-state index < -0.39 is 29.6 Å². The summed E-state index contributed by atoms with van der Waals surface area (Å²) < 4.78 is 32.5. The molecule has 2 amide bonds. The topological polar surface area (TPSA) is 67.4 Å². The van der Waals surface area contributed by atoms with E-state index in [1.54, 1.807) is 12.1 Å². The van der Waals surface area contributed by atoms with E-state index in [0.717, 1.165) is 11.6 Å². The number of rotatable bonds is 3. The van der Waals surface area contributed by atoms with Crippen molar-refractivity contribution in [3.8, 4) is 5.75 Å². The van der Waals surface area contributed by atoms with Crippen molar-refractivity contribution in [3.05, 3.63) is 52.0 Å². The van der Waals surface area contributed by atoms with Gasteiger partial charge in [0.25, 0.3) is 5.91 Å². The third kappa shape index (κ3) is 3.79. The first-order valence-corrected chi connectivity index (χ1v) is 8.15. The molecule has 0 spiro atoms. The van der Waals surface area contributed by atoms with E-state index in [9.17, 15) is 18.4 Å². The number of benzene rings is 2. The summed E-state index contributed by atoms with van der Waals surface area (Å²) in [6.45, 7) is 1.88. The lowest BCUT2D eigenvalue weighted by Gasteiger charge is -2.25. The van der Waals surface area contributed by atoms with Crippen LogP contribution in [-0.2, 0) is 9.59 Å². The fourth-order valence-electron chi connectivity index (χ4n) is 2.42. The lowest BCUT2D eigenvalue weighted by molar-refractivity contribution is -0.128. The van der Waals surface area contributed by atoms with Gasteiger partial charge in [0.05, 0.1) is 17.8 Å². The smallest absolute Gasteiger partial charge is 0.266 e. The Hall–Kier alpha value is -2.48. The zero-order chi connectivity index (χ0) is 18.1. The summed E-state index contributed by atoms with van der Waals surface area (Å²) in [7, 11) is 0. The van der Waals surface area contributed by atoms with Gasteiger partial charge in [-0.1, -0.05) is 6.07 Å². The lowest BCUT2D eigenvalue weighted by Crippen LogP contribution is -2.39. The van der Waals surface area contributed by atoms with Gasteiger partial charge in [-0.05, 0) is 46.6 Å². The number of nitrogens with one attached hydrogen (secondary N) is 2. The highest BCUT2D eigenvalue weighted by molar-refractivity contribution is 9.10. The average molecular weight is 411 g/mol. The summed E-state index contributed by atoms with van der Waals surface area (Å²) in [6, 6.07) is 6.96. The van der Waals surface area contributed by atoms with E-state index in [-0.39, 0.29) is 16.6 Å². The van der Waals surface area contributed by atoms with Crippen molar-refractivity contribution in [1.29, 1.82) is 0 Å². The molecule has 25 heavy (non-hydrogen) atoms. The monoisotopic (exact) mass is 410 g/mol. The molecule has 0 saturated carbocycles. The highest BCUT2D eigenvalue weighted by Gasteiger charge is 2.30. The zero-order valence-electron chi connectivity index (χ0n) is 13.0. The van der Waals surface area contributed by atoms with Crippen LogP contribution in [0.15, 0.2) is 34.8 Å². The van der Waals surface area contributed by atoms with E-state index >= 15 is 0 Å². The number of aryl methyl sites for hydroxylation is 1. The second-order valence-electron chi connectivity index (χ2n) is 5.59. The maximum absolute atomic E-state index is 13.8. The maximum Gasteiger partial charge on any atom is 0.266 e. The van der Waals surface area contributed by atoms with E-state index in [2.05, 4.69) is 26.6 Å². The average Bonchev–Trinajstić information content (AvgIpc) is 2.52. The Bertz CT molecular complexity index is 850. The molecule has 1 unspecified atom stereocenters. The Balaban J connectivity index is 1.71. The van der Waals surface area contributed by atoms with Crippen LogP contribution in [0.25, 0.3) is 0 Å². The fourth-order valence-corrected chi connectivity index (χ4v) is 2.93. The van der Waals surface area contributed by atoms with Crippen LogP contribution in [0.1, 0.15) is 12.0 Å². The van der Waals surface area contributed by atoms with Crippen molar-refractivity contribution in [2.75, 3.05) is 10.6 Å². The van der Waals surface area contributed by atoms with Gasteiger partial charge in [-0.25, -0.2) is 8.78 Å². The largest absolute Gasteiger partial charge is 0.478 e. The van der Waals surface area contributed by atoms with Gasteiger partial charge in [-0.15, -0.1) is 0 Å². The number of hydrogen-bond acceptors (Lipinski definition) is 3. The second-order valence-corrected chi connectivity index (χ2v) is 6.45. The maximum atomic E-state index is 13.8. The minimum absolute atomic E-state index is 0.0631. The molecule has 2 aromatic carbocycles. The van der Waals surface area contributed by atoms with Crippen molar-refractivity contribution in [2.45, 2.75) is 19.4 Å². The van der Waals surface area contributed by atoms with Crippen molar-refractivity contribution in [1.82, 2.24) is 0 Å². The normalized spacial score (nSPS) is 15.8. The van der Waals surface area contributed by atoms with Crippen molar-refractivity contribution in [3.63, 3.8) is 0 Å². The van der Waals surface area contributed by atoms with Gasteiger partial charge >= 0.3 is 0 Å². The minimum Gasteiger partial charge on any atom is -0.478 e. The standard InChI is InChI=1S/C17H13BrF2N2O3/c1-8-2-3-13-12(4-8)21-17(24)14(25-13)7-15(23)22-16-10(18)5-9(19)6-11(16)20/h2-6,14H,7H2,1H3,(H,21,24)(H,22,23). The Morgan fingerprint density at radius 1 is 1.32 bits per heavy atom. The number of fused-ring (bicyclic) bond motifs is 1. The first kappa shape index (κ1) is 17.3. The summed E-state index contributed by atoms with van der Waals surface area (Å²) in [6.07, 6.45) is -1.36. The van der Waals surface area contributed by atoms with Gasteiger partial charge in [0.15, 0.2) is 11.9 Å². The SMILES string of the molecule is Cc1ccc2c(c1)NC(=O)C(CC(=O)Nc1c(F)cc(F)cc1Br)O2. The summed E-state index contributed by atoms with van der Waals surface area (Å²) in [5.74, 6) is -2.34. The molecule has 0 aromatic heterocycles. The van der Waals surface area contributed by atoms with Crippen LogP contribution in [0.2, 0.25) is 0 Å². The highest BCUT2D eigenvalue weighted by Crippen LogP contribution is 2.31. The predicted octanol–water partition coefficient (Wildman–Crippen LogP) is 3.76. The molecule has 5 nitrogen and oxygen atoms in total. The van der Waals surface area contributed by atoms with Gasteiger partial charge in [0, 0.05) is 10.5 Å². The number of hydrogen-bond donors (Lipinski definition) is 2. The van der Waals surface area contributed by atoms with E-state index in [1.807, 2.05) is 13.0 Å². The highest BCUT2D eigenvalue weighted by atomic mass is 79.9. The molecule has 1 aliphatic heterocycles. The van der Waals surface area contributed by atoms with E-state index in [1.165, 1.54) is 0 Å². The molecule has 0 aliphatic carbocycles. The van der Waals surface area contributed by atoms with Gasteiger partial charge < -0.3 is 15.4 Å². The molecule has 1 heterocycles. The molecule has 0 radical (unpaired) electrons. The third-order valence-corrected chi connectivity index (χ3v) is 4.22. The van der Waals surface area contributed by atoms with Crippen molar-refractivity contribution >= 4 is 39.1 Å². The molecule has 2 aromatic rings. The van der Waals surface area contributed by atoms with Crippen LogP contribution in [0.4, 0.5) is 20.2 Å². The molecule has 1 atom stereocenters. The van der Waals surface area contributed by atoms with Crippen LogP contribution in [0.3, 0.4) is 0 Å². The number of ether oxygens (including phenoxy) is 1. The molecule has 8 heteroatoms. The first-order chi connectivity index (χ1) is 11.8. The minimum atomic E-state index is -1.04. The number of amides is 2. The summed E-state index contributed by atoms with van der Waals surface area (Å²) in [5, 5.41) is 4.99. The molecular weight excluding hydrogens is 398 g/mol. The molecule has 1 aliphatic rings. The predicted molar refractivity (Wildman–Crippen MR) is 91.5 cm³/mol. The van der Waals surface area contributed by atoms with Crippen LogP contribution in [-0.4, -0.2) is 17.9 Å². The Kier molecular flexibility index (Phi) is 4.71. The molecule has 0 fully saturated rings. The van der Waals surface area contributed by atoms with Crippen LogP contribution in [0, 0.1) is 18.6 Å². The molecule has 0 saturated heterocycles. The fraction of sp³-hybridized carbons (Fsp3) is 0.176. The lowest BCUT2D eigenvalue weighted by atomic mass is 10.1. The molecule has 3 rings (SSSR count). The molecular formula is C17H13BrF2N2O3. The summed E-state index contributed by atoms with van der Waals surface area (Å²) in [4.78, 5) is 24.2. The first-order valence-electron chi connectivity index (χ1n) is 7.36. The number of carbonyl (C=O) groups is 2. The van der Waals surface area contributed by atoms with Crippen molar-refractivity contribution in [2.24, 2.45) is 0 Å². The van der Waals surface area contributed by atoms with Gasteiger partial charge in [0.2, 0.25) is 5.91 Å². The van der Waals surface area contributed by atoms with Gasteiger partial charge in [-0.3, -0.25) is 9.59 Å². The van der Waals surface area contributed by atoms with Crippen LogP contribution < -0.4 is 15.4 Å².